The van der Waals surface area contributed by atoms with E-state index in [-0.39, 0.29) is 0 Å². The molecule has 0 radical (unpaired) electrons. The molecule has 0 amide bonds. The molecule has 100 valence electrons. The lowest BCUT2D eigenvalue weighted by atomic mass is 9.93. The minimum absolute atomic E-state index is 0.345. The van der Waals surface area contributed by atoms with E-state index in [1.807, 2.05) is 18.3 Å². The molecule has 3 heteroatoms. The van der Waals surface area contributed by atoms with Gasteiger partial charge < -0.3 is 10.1 Å². The molecule has 2 aromatic rings. The standard InChI is InChI=1S/C16H19NOS/c1-3-18-13-5-6-14-12(10-13)8-9-17-16(14)15-7-4-11(2)19-15/h4-7,10,16-17H,3,8-9H2,1-2H3. The average molecular weight is 273 g/mol. The van der Waals surface area contributed by atoms with Gasteiger partial charge in [-0.1, -0.05) is 6.07 Å². The Labute approximate surface area is 118 Å². The van der Waals surface area contributed by atoms with Crippen molar-refractivity contribution in [2.24, 2.45) is 0 Å². The van der Waals surface area contributed by atoms with Gasteiger partial charge in [-0.05, 0) is 55.7 Å². The lowest BCUT2D eigenvalue weighted by Crippen LogP contribution is -2.30. The molecular formula is C16H19NOS. The molecule has 2 nitrogen and oxygen atoms in total. The fraction of sp³-hybridized carbons (Fsp3) is 0.375. The van der Waals surface area contributed by atoms with Crippen molar-refractivity contribution in [1.29, 1.82) is 0 Å². The molecule has 0 saturated carbocycles. The van der Waals surface area contributed by atoms with E-state index in [0.29, 0.717) is 6.04 Å². The number of aryl methyl sites for hydroxylation is 1. The number of hydrogen-bond acceptors (Lipinski definition) is 3. The number of nitrogens with one attached hydrogen (secondary N) is 1. The Morgan fingerprint density at radius 1 is 1.32 bits per heavy atom. The maximum absolute atomic E-state index is 5.60. The molecule has 2 heterocycles. The van der Waals surface area contributed by atoms with Crippen LogP contribution in [0, 0.1) is 6.92 Å². The van der Waals surface area contributed by atoms with Crippen LogP contribution in [0.4, 0.5) is 0 Å². The number of rotatable bonds is 3. The third-order valence-corrected chi connectivity index (χ3v) is 4.59. The SMILES string of the molecule is CCOc1ccc2c(c1)CCNC2c1ccc(C)s1. The smallest absolute Gasteiger partial charge is 0.119 e. The average Bonchev–Trinajstić information content (AvgIpc) is 2.85. The Morgan fingerprint density at radius 2 is 2.21 bits per heavy atom. The highest BCUT2D eigenvalue weighted by atomic mass is 32.1. The summed E-state index contributed by atoms with van der Waals surface area (Å²) in [5, 5.41) is 3.63. The van der Waals surface area contributed by atoms with Crippen molar-refractivity contribution in [2.75, 3.05) is 13.2 Å². The summed E-state index contributed by atoms with van der Waals surface area (Å²) in [6.07, 6.45) is 1.08. The summed E-state index contributed by atoms with van der Waals surface area (Å²) < 4.78 is 5.60. The lowest BCUT2D eigenvalue weighted by Gasteiger charge is -2.26. The molecule has 1 aromatic heterocycles. The Balaban J connectivity index is 1.96. The number of hydrogen-bond donors (Lipinski definition) is 1. The van der Waals surface area contributed by atoms with Gasteiger partial charge in [0.2, 0.25) is 0 Å². The van der Waals surface area contributed by atoms with Crippen molar-refractivity contribution >= 4 is 11.3 Å². The van der Waals surface area contributed by atoms with Crippen LogP contribution < -0.4 is 10.1 Å². The molecule has 1 aliphatic rings. The van der Waals surface area contributed by atoms with E-state index in [9.17, 15) is 0 Å². The Hall–Kier alpha value is -1.32. The quantitative estimate of drug-likeness (QED) is 0.921. The fourth-order valence-electron chi connectivity index (χ4n) is 2.66. The molecule has 0 fully saturated rings. The monoisotopic (exact) mass is 273 g/mol. The van der Waals surface area contributed by atoms with Gasteiger partial charge in [0.1, 0.15) is 5.75 Å². The van der Waals surface area contributed by atoms with E-state index >= 15 is 0 Å². The van der Waals surface area contributed by atoms with Gasteiger partial charge in [0.15, 0.2) is 0 Å². The van der Waals surface area contributed by atoms with Crippen LogP contribution in [0.5, 0.6) is 5.75 Å². The van der Waals surface area contributed by atoms with Gasteiger partial charge in [0.25, 0.3) is 0 Å². The second-order valence-corrected chi connectivity index (χ2v) is 6.20. The first-order valence-electron chi connectivity index (χ1n) is 6.83. The van der Waals surface area contributed by atoms with E-state index in [1.54, 1.807) is 0 Å². The number of fused-ring (bicyclic) bond motifs is 1. The lowest BCUT2D eigenvalue weighted by molar-refractivity contribution is 0.339. The van der Waals surface area contributed by atoms with E-state index in [4.69, 9.17) is 4.74 Å². The van der Waals surface area contributed by atoms with Crippen LogP contribution in [0.25, 0.3) is 0 Å². The van der Waals surface area contributed by atoms with Gasteiger partial charge in [-0.25, -0.2) is 0 Å². The fourth-order valence-corrected chi connectivity index (χ4v) is 3.63. The normalized spacial score (nSPS) is 18.1. The van der Waals surface area contributed by atoms with E-state index in [2.05, 4.69) is 42.6 Å². The molecule has 19 heavy (non-hydrogen) atoms. The van der Waals surface area contributed by atoms with Crippen LogP contribution in [0.2, 0.25) is 0 Å². The van der Waals surface area contributed by atoms with Crippen molar-refractivity contribution in [1.82, 2.24) is 5.32 Å². The van der Waals surface area contributed by atoms with Crippen molar-refractivity contribution < 1.29 is 4.74 Å². The third-order valence-electron chi connectivity index (χ3n) is 3.52. The van der Waals surface area contributed by atoms with Gasteiger partial charge in [0.05, 0.1) is 12.6 Å². The van der Waals surface area contributed by atoms with Crippen LogP contribution >= 0.6 is 11.3 Å². The summed E-state index contributed by atoms with van der Waals surface area (Å²) in [7, 11) is 0. The Bertz CT molecular complexity index is 576. The molecule has 1 N–H and O–H groups in total. The zero-order valence-corrected chi connectivity index (χ0v) is 12.2. The minimum Gasteiger partial charge on any atom is -0.494 e. The molecule has 1 atom stereocenters. The van der Waals surface area contributed by atoms with Crippen LogP contribution in [-0.4, -0.2) is 13.2 Å². The summed E-state index contributed by atoms with van der Waals surface area (Å²) in [5.74, 6) is 0.990. The molecule has 0 spiro atoms. The maximum Gasteiger partial charge on any atom is 0.119 e. The highest BCUT2D eigenvalue weighted by Crippen LogP contribution is 2.34. The number of thiophene rings is 1. The van der Waals surface area contributed by atoms with Crippen LogP contribution in [0.3, 0.4) is 0 Å². The number of benzene rings is 1. The second-order valence-electron chi connectivity index (χ2n) is 4.88. The topological polar surface area (TPSA) is 21.3 Å². The largest absolute Gasteiger partial charge is 0.494 e. The maximum atomic E-state index is 5.60. The zero-order chi connectivity index (χ0) is 13.2. The summed E-state index contributed by atoms with van der Waals surface area (Å²) >= 11 is 1.88. The highest BCUT2D eigenvalue weighted by Gasteiger charge is 2.22. The van der Waals surface area contributed by atoms with Gasteiger partial charge in [0, 0.05) is 16.3 Å². The minimum atomic E-state index is 0.345. The molecule has 1 unspecified atom stereocenters. The first-order valence-corrected chi connectivity index (χ1v) is 7.65. The summed E-state index contributed by atoms with van der Waals surface area (Å²) in [6, 6.07) is 11.3. The molecule has 0 saturated heterocycles. The molecule has 1 aliphatic heterocycles. The molecule has 1 aromatic carbocycles. The zero-order valence-electron chi connectivity index (χ0n) is 11.4. The van der Waals surface area contributed by atoms with E-state index in [0.717, 1.165) is 25.3 Å². The molecule has 0 bridgehead atoms. The predicted molar refractivity (Wildman–Crippen MR) is 80.2 cm³/mol. The van der Waals surface area contributed by atoms with Gasteiger partial charge in [-0.3, -0.25) is 0 Å². The summed E-state index contributed by atoms with van der Waals surface area (Å²) in [5.41, 5.74) is 2.82. The second kappa shape index (κ2) is 5.35. The van der Waals surface area contributed by atoms with Crippen molar-refractivity contribution in [3.05, 3.63) is 51.2 Å². The van der Waals surface area contributed by atoms with Crippen LogP contribution in [-0.2, 0) is 6.42 Å². The van der Waals surface area contributed by atoms with Gasteiger partial charge in [-0.2, -0.15) is 0 Å². The Morgan fingerprint density at radius 3 is 2.95 bits per heavy atom. The van der Waals surface area contributed by atoms with E-state index < -0.39 is 0 Å². The first-order chi connectivity index (χ1) is 9.28. The van der Waals surface area contributed by atoms with Crippen LogP contribution in [0.1, 0.15) is 33.8 Å². The first kappa shape index (κ1) is 12.7. The third kappa shape index (κ3) is 2.53. The molecule has 0 aliphatic carbocycles. The number of ether oxygens (including phenoxy) is 1. The van der Waals surface area contributed by atoms with Gasteiger partial charge >= 0.3 is 0 Å². The highest BCUT2D eigenvalue weighted by molar-refractivity contribution is 7.12. The van der Waals surface area contributed by atoms with Gasteiger partial charge in [-0.15, -0.1) is 11.3 Å². The Kier molecular flexibility index (Phi) is 3.58. The molecular weight excluding hydrogens is 254 g/mol. The van der Waals surface area contributed by atoms with Crippen molar-refractivity contribution in [2.45, 2.75) is 26.3 Å². The van der Waals surface area contributed by atoms with Crippen LogP contribution in [0.15, 0.2) is 30.3 Å². The molecule has 3 rings (SSSR count). The van der Waals surface area contributed by atoms with Crippen molar-refractivity contribution in [3.8, 4) is 5.75 Å². The van der Waals surface area contributed by atoms with Crippen molar-refractivity contribution in [3.63, 3.8) is 0 Å². The predicted octanol–water partition coefficient (Wildman–Crippen LogP) is 3.69. The van der Waals surface area contributed by atoms with E-state index in [1.165, 1.54) is 20.9 Å². The summed E-state index contributed by atoms with van der Waals surface area (Å²) in [4.78, 5) is 2.78. The summed E-state index contributed by atoms with van der Waals surface area (Å²) in [6.45, 7) is 5.95.